The SMILES string of the molecule is Cc1cc(N2CCCCCC2)nc(NC(=S)NCc2ccco2)n1. The van der Waals surface area contributed by atoms with Crippen LogP contribution in [-0.4, -0.2) is 28.2 Å². The Bertz CT molecular complexity index is 666. The first-order valence-corrected chi connectivity index (χ1v) is 8.79. The molecule has 2 aromatic heterocycles. The van der Waals surface area contributed by atoms with E-state index in [2.05, 4.69) is 25.5 Å². The summed E-state index contributed by atoms with van der Waals surface area (Å²) in [4.78, 5) is 11.4. The molecule has 128 valence electrons. The molecule has 24 heavy (non-hydrogen) atoms. The molecule has 2 aromatic rings. The van der Waals surface area contributed by atoms with Gasteiger partial charge in [-0.3, -0.25) is 0 Å². The van der Waals surface area contributed by atoms with Crippen LogP contribution >= 0.6 is 12.2 Å². The highest BCUT2D eigenvalue weighted by Crippen LogP contribution is 2.19. The molecule has 0 aromatic carbocycles. The number of nitrogens with one attached hydrogen (secondary N) is 2. The summed E-state index contributed by atoms with van der Waals surface area (Å²) >= 11 is 5.32. The maximum absolute atomic E-state index is 5.32. The van der Waals surface area contributed by atoms with Gasteiger partial charge in [-0.05, 0) is 44.1 Å². The second-order valence-corrected chi connectivity index (χ2v) is 6.39. The Balaban J connectivity index is 1.63. The normalized spacial score (nSPS) is 15.0. The van der Waals surface area contributed by atoms with Crippen molar-refractivity contribution in [3.63, 3.8) is 0 Å². The molecule has 0 radical (unpaired) electrons. The number of thiocarbonyl (C=S) groups is 1. The van der Waals surface area contributed by atoms with E-state index in [1.807, 2.05) is 25.1 Å². The number of aromatic nitrogens is 2. The van der Waals surface area contributed by atoms with Gasteiger partial charge in [-0.1, -0.05) is 12.8 Å². The molecule has 0 amide bonds. The van der Waals surface area contributed by atoms with Gasteiger partial charge in [0, 0.05) is 24.8 Å². The molecular weight excluding hydrogens is 322 g/mol. The van der Waals surface area contributed by atoms with Crippen molar-refractivity contribution in [3.05, 3.63) is 35.9 Å². The van der Waals surface area contributed by atoms with Crippen LogP contribution in [0.15, 0.2) is 28.9 Å². The van der Waals surface area contributed by atoms with E-state index in [0.717, 1.165) is 30.4 Å². The Morgan fingerprint density at radius 2 is 2.04 bits per heavy atom. The summed E-state index contributed by atoms with van der Waals surface area (Å²) < 4.78 is 5.28. The Hall–Kier alpha value is -2.15. The van der Waals surface area contributed by atoms with E-state index in [1.165, 1.54) is 25.7 Å². The zero-order chi connectivity index (χ0) is 16.8. The highest BCUT2D eigenvalue weighted by Gasteiger charge is 2.13. The zero-order valence-corrected chi connectivity index (χ0v) is 14.7. The van der Waals surface area contributed by atoms with E-state index < -0.39 is 0 Å². The summed E-state index contributed by atoms with van der Waals surface area (Å²) in [5, 5.41) is 6.65. The lowest BCUT2D eigenvalue weighted by Crippen LogP contribution is -2.30. The van der Waals surface area contributed by atoms with E-state index in [9.17, 15) is 0 Å². The lowest BCUT2D eigenvalue weighted by molar-refractivity contribution is 0.503. The van der Waals surface area contributed by atoms with E-state index in [4.69, 9.17) is 16.6 Å². The smallest absolute Gasteiger partial charge is 0.231 e. The minimum Gasteiger partial charge on any atom is -0.467 e. The third kappa shape index (κ3) is 4.67. The van der Waals surface area contributed by atoms with Gasteiger partial charge in [-0.15, -0.1) is 0 Å². The summed E-state index contributed by atoms with van der Waals surface area (Å²) in [5.41, 5.74) is 0.931. The number of hydrogen-bond acceptors (Lipinski definition) is 5. The topological polar surface area (TPSA) is 66.2 Å². The van der Waals surface area contributed by atoms with Crippen LogP contribution in [-0.2, 0) is 6.54 Å². The number of furan rings is 1. The fraction of sp³-hybridized carbons (Fsp3) is 0.471. The molecule has 0 unspecified atom stereocenters. The number of aryl methyl sites for hydroxylation is 1. The molecule has 1 saturated heterocycles. The Morgan fingerprint density at radius 3 is 2.75 bits per heavy atom. The van der Waals surface area contributed by atoms with Crippen LogP contribution in [0, 0.1) is 6.92 Å². The van der Waals surface area contributed by atoms with Crippen LogP contribution in [0.25, 0.3) is 0 Å². The summed E-state index contributed by atoms with van der Waals surface area (Å²) in [5.74, 6) is 2.33. The molecule has 3 rings (SSSR count). The molecule has 2 N–H and O–H groups in total. The Labute approximate surface area is 147 Å². The molecule has 0 saturated carbocycles. The molecule has 0 bridgehead atoms. The van der Waals surface area contributed by atoms with Crippen molar-refractivity contribution in [3.8, 4) is 0 Å². The minimum atomic E-state index is 0.485. The number of hydrogen-bond donors (Lipinski definition) is 2. The Morgan fingerprint density at radius 1 is 1.25 bits per heavy atom. The standard InChI is InChI=1S/C17H23N5OS/c1-13-11-15(22-8-4-2-3-5-9-22)20-16(19-13)21-17(24)18-12-14-7-6-10-23-14/h6-7,10-11H,2-5,8-9,12H2,1H3,(H2,18,19,20,21,24). The summed E-state index contributed by atoms with van der Waals surface area (Å²) in [7, 11) is 0. The predicted octanol–water partition coefficient (Wildman–Crippen LogP) is 3.25. The molecule has 0 spiro atoms. The van der Waals surface area contributed by atoms with Crippen LogP contribution in [0.4, 0.5) is 11.8 Å². The first kappa shape index (κ1) is 16.7. The fourth-order valence-electron chi connectivity index (χ4n) is 2.80. The van der Waals surface area contributed by atoms with Gasteiger partial charge in [0.05, 0.1) is 12.8 Å². The summed E-state index contributed by atoms with van der Waals surface area (Å²) in [6.07, 6.45) is 6.67. The molecule has 6 nitrogen and oxygen atoms in total. The molecule has 0 atom stereocenters. The molecule has 0 aliphatic carbocycles. The van der Waals surface area contributed by atoms with Crippen molar-refractivity contribution in [1.82, 2.24) is 15.3 Å². The van der Waals surface area contributed by atoms with Gasteiger partial charge in [0.15, 0.2) is 5.11 Å². The average molecular weight is 345 g/mol. The first-order chi connectivity index (χ1) is 11.7. The van der Waals surface area contributed by atoms with Crippen LogP contribution in [0.3, 0.4) is 0 Å². The van der Waals surface area contributed by atoms with Gasteiger partial charge < -0.3 is 20.0 Å². The summed E-state index contributed by atoms with van der Waals surface area (Å²) in [6.45, 7) is 4.62. The quantitative estimate of drug-likeness (QED) is 0.825. The first-order valence-electron chi connectivity index (χ1n) is 8.38. The van der Waals surface area contributed by atoms with Crippen molar-refractivity contribution >= 4 is 29.1 Å². The number of nitrogens with zero attached hydrogens (tertiary/aromatic N) is 3. The molecule has 3 heterocycles. The highest BCUT2D eigenvalue weighted by molar-refractivity contribution is 7.80. The van der Waals surface area contributed by atoms with Crippen molar-refractivity contribution in [2.75, 3.05) is 23.3 Å². The van der Waals surface area contributed by atoms with Gasteiger partial charge in [0.1, 0.15) is 11.6 Å². The van der Waals surface area contributed by atoms with Crippen LogP contribution in [0.5, 0.6) is 0 Å². The summed E-state index contributed by atoms with van der Waals surface area (Å²) in [6, 6.07) is 5.79. The highest BCUT2D eigenvalue weighted by atomic mass is 32.1. The van der Waals surface area contributed by atoms with Gasteiger partial charge in [0.25, 0.3) is 0 Å². The molecule has 1 fully saturated rings. The lowest BCUT2D eigenvalue weighted by Gasteiger charge is -2.22. The monoisotopic (exact) mass is 345 g/mol. The second kappa shape index (κ2) is 8.10. The van der Waals surface area contributed by atoms with Crippen LogP contribution in [0.2, 0.25) is 0 Å². The van der Waals surface area contributed by atoms with E-state index in [1.54, 1.807) is 6.26 Å². The molecule has 7 heteroatoms. The van der Waals surface area contributed by atoms with E-state index >= 15 is 0 Å². The van der Waals surface area contributed by atoms with Crippen molar-refractivity contribution < 1.29 is 4.42 Å². The van der Waals surface area contributed by atoms with Crippen LogP contribution in [0.1, 0.15) is 37.1 Å². The van der Waals surface area contributed by atoms with Crippen molar-refractivity contribution in [2.45, 2.75) is 39.2 Å². The van der Waals surface area contributed by atoms with E-state index in [-0.39, 0.29) is 0 Å². The fourth-order valence-corrected chi connectivity index (χ4v) is 2.96. The molecule has 1 aliphatic heterocycles. The van der Waals surface area contributed by atoms with Crippen LogP contribution < -0.4 is 15.5 Å². The van der Waals surface area contributed by atoms with E-state index in [0.29, 0.717) is 17.6 Å². The lowest BCUT2D eigenvalue weighted by atomic mass is 10.2. The van der Waals surface area contributed by atoms with Gasteiger partial charge >= 0.3 is 0 Å². The van der Waals surface area contributed by atoms with Crippen molar-refractivity contribution in [1.29, 1.82) is 0 Å². The van der Waals surface area contributed by atoms with Gasteiger partial charge in [-0.2, -0.15) is 4.98 Å². The minimum absolute atomic E-state index is 0.485. The maximum atomic E-state index is 5.32. The average Bonchev–Trinajstić information content (AvgIpc) is 2.92. The number of anilines is 2. The number of rotatable bonds is 4. The molecule has 1 aliphatic rings. The van der Waals surface area contributed by atoms with Crippen molar-refractivity contribution in [2.24, 2.45) is 0 Å². The largest absolute Gasteiger partial charge is 0.467 e. The van der Waals surface area contributed by atoms with Gasteiger partial charge in [-0.25, -0.2) is 4.98 Å². The molecular formula is C17H23N5OS. The van der Waals surface area contributed by atoms with Gasteiger partial charge in [0.2, 0.25) is 5.95 Å². The Kier molecular flexibility index (Phi) is 5.63. The third-order valence-corrected chi connectivity index (χ3v) is 4.25. The maximum Gasteiger partial charge on any atom is 0.231 e. The second-order valence-electron chi connectivity index (χ2n) is 5.98. The third-order valence-electron chi connectivity index (χ3n) is 4.00. The predicted molar refractivity (Wildman–Crippen MR) is 99.2 cm³/mol. The zero-order valence-electron chi connectivity index (χ0n) is 13.9.